The fourth-order valence-electron chi connectivity index (χ4n) is 1.39. The molecule has 1 rings (SSSR count). The zero-order valence-electron chi connectivity index (χ0n) is 11.8. The summed E-state index contributed by atoms with van der Waals surface area (Å²) in [4.78, 5) is 10.3. The summed E-state index contributed by atoms with van der Waals surface area (Å²) in [5.41, 5.74) is -1.90. The third kappa shape index (κ3) is 7.48. The van der Waals surface area contributed by atoms with Crippen molar-refractivity contribution in [2.24, 2.45) is 0 Å². The molecule has 0 atom stereocenters. The first-order valence-electron chi connectivity index (χ1n) is 6.04. The van der Waals surface area contributed by atoms with Gasteiger partial charge in [-0.2, -0.15) is 13.2 Å². The van der Waals surface area contributed by atoms with Gasteiger partial charge in [0.2, 0.25) is 19.6 Å². The molecule has 2 N–H and O–H groups in total. The van der Waals surface area contributed by atoms with Crippen LogP contribution in [-0.2, 0) is 21.0 Å². The highest BCUT2D eigenvalue weighted by Crippen LogP contribution is 2.40. The molecule has 0 aliphatic heterocycles. The molecule has 0 saturated heterocycles. The monoisotopic (exact) mass is 478 g/mol. The van der Waals surface area contributed by atoms with Gasteiger partial charge in [-0.1, -0.05) is 35.3 Å². The van der Waals surface area contributed by atoms with Crippen molar-refractivity contribution in [1.82, 2.24) is 4.72 Å². The summed E-state index contributed by atoms with van der Waals surface area (Å²) in [7, 11) is -4.43. The molecule has 0 radical (unpaired) electrons. The summed E-state index contributed by atoms with van der Waals surface area (Å²) in [6.07, 6.45) is -4.77. The number of halogens is 7. The van der Waals surface area contributed by atoms with Gasteiger partial charge in [0.15, 0.2) is 4.84 Å². The Morgan fingerprint density at radius 1 is 1.20 bits per heavy atom. The first kappa shape index (κ1) is 22.8. The Labute approximate surface area is 165 Å². The molecule has 142 valence electrons. The van der Waals surface area contributed by atoms with Crippen molar-refractivity contribution in [3.8, 4) is 0 Å². The summed E-state index contributed by atoms with van der Waals surface area (Å²) in [6, 6.07) is 3.92. The number of anilines is 1. The van der Waals surface area contributed by atoms with Crippen molar-refractivity contribution < 1.29 is 26.4 Å². The zero-order valence-corrected chi connectivity index (χ0v) is 16.4. The summed E-state index contributed by atoms with van der Waals surface area (Å²) < 4.78 is 64.1. The largest absolute Gasteiger partial charge is 0.418 e. The normalized spacial score (nSPS) is 13.0. The van der Waals surface area contributed by atoms with E-state index in [0.717, 1.165) is 12.1 Å². The molecule has 1 aromatic carbocycles. The molecular weight excluding hydrogens is 471 g/mol. The van der Waals surface area contributed by atoms with Crippen molar-refractivity contribution in [3.63, 3.8) is 0 Å². The van der Waals surface area contributed by atoms with Crippen molar-refractivity contribution in [2.75, 3.05) is 10.5 Å². The van der Waals surface area contributed by atoms with Gasteiger partial charge in [-0.3, -0.25) is 14.2 Å². The Hall–Kier alpha value is -0.260. The molecule has 0 spiro atoms. The quantitative estimate of drug-likeness (QED) is 0.455. The van der Waals surface area contributed by atoms with Crippen LogP contribution in [0.1, 0.15) is 5.56 Å². The lowest BCUT2D eigenvalue weighted by atomic mass is 10.2. The third-order valence-electron chi connectivity index (χ3n) is 2.37. The summed E-state index contributed by atoms with van der Waals surface area (Å²) in [5.74, 6) is -2.27. The fraction of sp³-hybridized carbons (Fsp3) is 0.364. The van der Waals surface area contributed by atoms with E-state index < -0.39 is 47.6 Å². The number of amides is 1. The van der Waals surface area contributed by atoms with Crippen LogP contribution in [0.3, 0.4) is 0 Å². The van der Waals surface area contributed by atoms with Crippen molar-refractivity contribution >= 4 is 80.0 Å². The van der Waals surface area contributed by atoms with Gasteiger partial charge in [0.25, 0.3) is 0 Å². The van der Waals surface area contributed by atoms with Crippen molar-refractivity contribution in [3.05, 3.63) is 29.8 Å². The fourth-order valence-corrected chi connectivity index (χ4v) is 3.40. The van der Waals surface area contributed by atoms with E-state index in [1.807, 2.05) is 4.72 Å². The maximum absolute atomic E-state index is 12.8. The van der Waals surface area contributed by atoms with Crippen LogP contribution >= 0.6 is 58.4 Å². The standard InChI is InChI=1S/C11H9Cl4F3N2O3S2/c12-9(13)10(14,15)24-19-8(21)5-25(22,23)20-7-4-2-1-3-6(7)11(16,17)18/h1-4,9,20H,5H2,(H,19,21). The molecule has 1 amide bonds. The predicted octanol–water partition coefficient (Wildman–Crippen LogP) is 4.15. The Morgan fingerprint density at radius 2 is 1.76 bits per heavy atom. The topological polar surface area (TPSA) is 75.3 Å². The SMILES string of the molecule is O=C(CS(=O)(=O)Nc1ccccc1C(F)(F)F)NSC(Cl)(Cl)C(Cl)Cl. The summed E-state index contributed by atoms with van der Waals surface area (Å²) >= 11 is 22.5. The summed E-state index contributed by atoms with van der Waals surface area (Å²) in [6.45, 7) is 0. The average Bonchev–Trinajstić information content (AvgIpc) is 2.43. The van der Waals surface area contributed by atoms with Gasteiger partial charge in [0, 0.05) is 0 Å². The minimum atomic E-state index is -4.77. The number of carbonyl (C=O) groups excluding carboxylic acids is 1. The zero-order chi connectivity index (χ0) is 19.5. The number of hydrogen-bond acceptors (Lipinski definition) is 4. The van der Waals surface area contributed by atoms with Crippen LogP contribution in [0.4, 0.5) is 18.9 Å². The molecule has 0 aromatic heterocycles. The van der Waals surface area contributed by atoms with Crippen LogP contribution in [0, 0.1) is 0 Å². The average molecular weight is 480 g/mol. The Balaban J connectivity index is 2.80. The van der Waals surface area contributed by atoms with Crippen LogP contribution in [0.15, 0.2) is 24.3 Å². The molecule has 25 heavy (non-hydrogen) atoms. The van der Waals surface area contributed by atoms with Gasteiger partial charge >= 0.3 is 6.18 Å². The van der Waals surface area contributed by atoms with Gasteiger partial charge in [-0.05, 0) is 24.1 Å². The van der Waals surface area contributed by atoms with Gasteiger partial charge < -0.3 is 0 Å². The number of para-hydroxylation sites is 1. The first-order chi connectivity index (χ1) is 11.2. The van der Waals surface area contributed by atoms with Crippen LogP contribution in [0.25, 0.3) is 0 Å². The van der Waals surface area contributed by atoms with Gasteiger partial charge in [-0.15, -0.1) is 23.2 Å². The van der Waals surface area contributed by atoms with Crippen LogP contribution in [0.2, 0.25) is 0 Å². The molecule has 14 heteroatoms. The number of sulfonamides is 1. The number of alkyl halides is 7. The van der Waals surface area contributed by atoms with E-state index in [1.54, 1.807) is 4.72 Å². The van der Waals surface area contributed by atoms with Gasteiger partial charge in [0.1, 0.15) is 5.75 Å². The smallest absolute Gasteiger partial charge is 0.297 e. The van der Waals surface area contributed by atoms with Gasteiger partial charge in [0.05, 0.1) is 11.3 Å². The maximum Gasteiger partial charge on any atom is 0.418 e. The van der Waals surface area contributed by atoms with Gasteiger partial charge in [-0.25, -0.2) is 8.42 Å². The predicted molar refractivity (Wildman–Crippen MR) is 94.5 cm³/mol. The number of carbonyl (C=O) groups is 1. The second kappa shape index (κ2) is 8.62. The Morgan fingerprint density at radius 3 is 2.28 bits per heavy atom. The van der Waals surface area contributed by atoms with E-state index >= 15 is 0 Å². The highest BCUT2D eigenvalue weighted by molar-refractivity contribution is 8.02. The molecule has 0 heterocycles. The number of rotatable bonds is 7. The van der Waals surface area contributed by atoms with E-state index in [4.69, 9.17) is 46.4 Å². The molecule has 5 nitrogen and oxygen atoms in total. The lowest BCUT2D eigenvalue weighted by molar-refractivity contribution is -0.136. The third-order valence-corrected chi connectivity index (χ3v) is 6.64. The van der Waals surface area contributed by atoms with Crippen molar-refractivity contribution in [1.29, 1.82) is 0 Å². The second-order valence-electron chi connectivity index (χ2n) is 4.39. The molecule has 0 unspecified atom stereocenters. The Bertz CT molecular complexity index is 730. The molecule has 1 aromatic rings. The van der Waals surface area contributed by atoms with E-state index in [9.17, 15) is 26.4 Å². The van der Waals surface area contributed by atoms with E-state index in [2.05, 4.69) is 0 Å². The minimum Gasteiger partial charge on any atom is -0.297 e. The molecule has 0 saturated carbocycles. The lowest BCUT2D eigenvalue weighted by Crippen LogP contribution is -2.33. The molecule has 0 aliphatic carbocycles. The molecule has 0 aliphatic rings. The summed E-state index contributed by atoms with van der Waals surface area (Å²) in [5, 5.41) is 0. The van der Waals surface area contributed by atoms with Crippen LogP contribution in [0.5, 0.6) is 0 Å². The second-order valence-corrected chi connectivity index (χ2v) is 10.1. The van der Waals surface area contributed by atoms with E-state index in [-0.39, 0.29) is 0 Å². The Kier molecular flexibility index (Phi) is 7.85. The highest BCUT2D eigenvalue weighted by Gasteiger charge is 2.36. The van der Waals surface area contributed by atoms with E-state index in [1.165, 1.54) is 6.07 Å². The molecular formula is C11H9Cl4F3N2O3S2. The van der Waals surface area contributed by atoms with Crippen LogP contribution in [-0.4, -0.2) is 28.6 Å². The maximum atomic E-state index is 12.8. The number of benzene rings is 1. The number of hydrogen-bond donors (Lipinski definition) is 2. The molecule has 0 bridgehead atoms. The molecule has 0 fully saturated rings. The van der Waals surface area contributed by atoms with Crippen molar-refractivity contribution in [2.45, 2.75) is 14.7 Å². The minimum absolute atomic E-state index is 0.345. The highest BCUT2D eigenvalue weighted by atomic mass is 35.5. The first-order valence-corrected chi connectivity index (χ1v) is 10.1. The van der Waals surface area contributed by atoms with Crippen LogP contribution < -0.4 is 9.44 Å². The lowest BCUT2D eigenvalue weighted by Gasteiger charge is -2.19. The van der Waals surface area contributed by atoms with E-state index in [0.29, 0.717) is 18.0 Å². The number of nitrogens with one attached hydrogen (secondary N) is 2.